The van der Waals surface area contributed by atoms with E-state index in [9.17, 15) is 23.2 Å². The summed E-state index contributed by atoms with van der Waals surface area (Å²) in [5, 5.41) is 9.30. The van der Waals surface area contributed by atoms with Crippen molar-refractivity contribution in [2.24, 2.45) is 0 Å². The molecule has 2 aromatic rings. The Morgan fingerprint density at radius 2 is 1.93 bits per heavy atom. The van der Waals surface area contributed by atoms with E-state index in [4.69, 9.17) is 10.5 Å². The number of rotatable bonds is 7. The summed E-state index contributed by atoms with van der Waals surface area (Å²) in [7, 11) is 6.74. The molecule has 0 spiro atoms. The van der Waals surface area contributed by atoms with Crippen LogP contribution in [0.2, 0.25) is 0 Å². The highest BCUT2D eigenvalue weighted by Crippen LogP contribution is 2.36. The number of methoxy groups -OCH3 is 1. The number of benzene rings is 1. The molecule has 1 heterocycles. The third-order valence-electron chi connectivity index (χ3n) is 4.62. The maximum atomic E-state index is 13.4. The zero-order chi connectivity index (χ0) is 22.6. The molecule has 2 N–H and O–H groups in total. The predicted molar refractivity (Wildman–Crippen MR) is 108 cm³/mol. The van der Waals surface area contributed by atoms with E-state index in [0.29, 0.717) is 12.2 Å². The second-order valence-electron chi connectivity index (χ2n) is 7.06. The van der Waals surface area contributed by atoms with Gasteiger partial charge in [-0.1, -0.05) is 0 Å². The zero-order valence-corrected chi connectivity index (χ0v) is 17.2. The molecule has 0 atom stereocenters. The number of carbonyl (C=O) groups is 1. The fraction of sp³-hybridized carbons (Fsp3) is 0.400. The fourth-order valence-corrected chi connectivity index (χ4v) is 3.06. The van der Waals surface area contributed by atoms with E-state index in [2.05, 4.69) is 0 Å². The maximum Gasteiger partial charge on any atom is 0.416 e. The number of anilines is 2. The topological polar surface area (TPSA) is 87.5 Å². The summed E-state index contributed by atoms with van der Waals surface area (Å²) in [6, 6.07) is 5.11. The first kappa shape index (κ1) is 23.1. The van der Waals surface area contributed by atoms with Crippen molar-refractivity contribution in [2.45, 2.75) is 12.6 Å². The molecule has 0 radical (unpaired) electrons. The molecule has 0 aliphatic heterocycles. The first-order valence-corrected chi connectivity index (χ1v) is 9.08. The highest BCUT2D eigenvalue weighted by Gasteiger charge is 2.32. The Morgan fingerprint density at radius 1 is 1.27 bits per heavy atom. The lowest BCUT2D eigenvalue weighted by Gasteiger charge is -2.25. The van der Waals surface area contributed by atoms with Gasteiger partial charge in [-0.2, -0.15) is 18.4 Å². The van der Waals surface area contributed by atoms with Crippen molar-refractivity contribution < 1.29 is 22.7 Å². The molecule has 2 rings (SSSR count). The van der Waals surface area contributed by atoms with Crippen LogP contribution in [0.5, 0.6) is 0 Å². The fourth-order valence-electron chi connectivity index (χ4n) is 3.06. The van der Waals surface area contributed by atoms with Crippen LogP contribution in [0.3, 0.4) is 0 Å². The van der Waals surface area contributed by atoms with Crippen LogP contribution in [-0.4, -0.2) is 56.8 Å². The van der Waals surface area contributed by atoms with Gasteiger partial charge in [0.25, 0.3) is 0 Å². The van der Waals surface area contributed by atoms with Gasteiger partial charge in [-0.3, -0.25) is 0 Å². The molecule has 10 heteroatoms. The molecule has 0 saturated carbocycles. The Bertz CT molecular complexity index is 961. The van der Waals surface area contributed by atoms with Gasteiger partial charge in [0.1, 0.15) is 6.07 Å². The van der Waals surface area contributed by atoms with Crippen molar-refractivity contribution in [3.8, 4) is 11.8 Å². The second-order valence-corrected chi connectivity index (χ2v) is 7.06. The lowest BCUT2D eigenvalue weighted by atomic mass is 10.1. The highest BCUT2D eigenvalue weighted by atomic mass is 19.4. The molecule has 0 bridgehead atoms. The van der Waals surface area contributed by atoms with Gasteiger partial charge in [0.05, 0.1) is 35.3 Å². The summed E-state index contributed by atoms with van der Waals surface area (Å²) in [6.45, 7) is 1.36. The minimum absolute atomic E-state index is 0.0333. The van der Waals surface area contributed by atoms with Crippen molar-refractivity contribution >= 4 is 17.3 Å². The average molecular weight is 423 g/mol. The number of carbonyl (C=O) groups excluding carboxylic acids is 1. The van der Waals surface area contributed by atoms with E-state index >= 15 is 0 Å². The molecule has 30 heavy (non-hydrogen) atoms. The summed E-state index contributed by atoms with van der Waals surface area (Å²) in [5.74, 6) is -0.854. The maximum absolute atomic E-state index is 13.4. The van der Waals surface area contributed by atoms with Crippen molar-refractivity contribution in [1.29, 1.82) is 5.26 Å². The van der Waals surface area contributed by atoms with Crippen molar-refractivity contribution in [2.75, 3.05) is 52.0 Å². The second kappa shape index (κ2) is 9.09. The summed E-state index contributed by atoms with van der Waals surface area (Å²) in [6.07, 6.45) is -2.57. The minimum Gasteiger partial charge on any atom is -0.464 e. The number of halogens is 3. The Balaban J connectivity index is 2.67. The predicted octanol–water partition coefficient (Wildman–Crippen LogP) is 3.12. The lowest BCUT2D eigenvalue weighted by Crippen LogP contribution is -2.25. The lowest BCUT2D eigenvalue weighted by molar-refractivity contribution is -0.137. The van der Waals surface area contributed by atoms with Gasteiger partial charge < -0.3 is 24.8 Å². The van der Waals surface area contributed by atoms with Gasteiger partial charge in [-0.05, 0) is 45.3 Å². The van der Waals surface area contributed by atoms with Crippen LogP contribution in [0.1, 0.15) is 28.0 Å². The zero-order valence-electron chi connectivity index (χ0n) is 17.2. The van der Waals surface area contributed by atoms with Crippen LogP contribution < -0.4 is 10.6 Å². The number of nitrogens with two attached hydrogens (primary N) is 1. The largest absolute Gasteiger partial charge is 0.464 e. The summed E-state index contributed by atoms with van der Waals surface area (Å²) in [5.41, 5.74) is 5.17. The van der Waals surface area contributed by atoms with E-state index in [-0.39, 0.29) is 22.6 Å². The SMILES string of the molecule is COC(=O)c1c(N)c(C#N)cn1-c1cc(C(F)(F)F)ccc1N(C)CCCN(C)C. The van der Waals surface area contributed by atoms with Crippen LogP contribution in [0.25, 0.3) is 5.69 Å². The van der Waals surface area contributed by atoms with Crippen LogP contribution in [0, 0.1) is 11.3 Å². The molecule has 0 aliphatic rings. The van der Waals surface area contributed by atoms with E-state index in [1.165, 1.54) is 16.8 Å². The van der Waals surface area contributed by atoms with Gasteiger partial charge in [0, 0.05) is 19.8 Å². The number of nitrogens with zero attached hydrogens (tertiary/aromatic N) is 4. The molecule has 0 amide bonds. The minimum atomic E-state index is -4.58. The van der Waals surface area contributed by atoms with E-state index in [1.807, 2.05) is 25.1 Å². The molecule has 7 nitrogen and oxygen atoms in total. The van der Waals surface area contributed by atoms with Gasteiger partial charge in [0.15, 0.2) is 5.69 Å². The number of ether oxygens (including phenoxy) is 1. The number of hydrogen-bond acceptors (Lipinski definition) is 6. The number of alkyl halides is 3. The molecular weight excluding hydrogens is 399 g/mol. The van der Waals surface area contributed by atoms with Gasteiger partial charge in [0.2, 0.25) is 0 Å². The monoisotopic (exact) mass is 423 g/mol. The highest BCUT2D eigenvalue weighted by molar-refractivity contribution is 5.96. The van der Waals surface area contributed by atoms with E-state index < -0.39 is 17.7 Å². The number of esters is 1. The van der Waals surface area contributed by atoms with Crippen LogP contribution in [0.4, 0.5) is 24.5 Å². The average Bonchev–Trinajstić information content (AvgIpc) is 3.02. The Morgan fingerprint density at radius 3 is 2.47 bits per heavy atom. The third-order valence-corrected chi connectivity index (χ3v) is 4.62. The molecule has 0 aliphatic carbocycles. The Labute approximate surface area is 173 Å². The standard InChI is InChI=1S/C20H24F3N5O2/c1-26(2)8-5-9-27(3)15-7-6-14(20(21,22)23)10-16(15)28-12-13(11-24)17(25)18(28)19(29)30-4/h6-7,10,12H,5,8-9,25H2,1-4H3. The van der Waals surface area contributed by atoms with E-state index in [0.717, 1.165) is 32.2 Å². The molecule has 162 valence electrons. The van der Waals surface area contributed by atoms with Crippen LogP contribution in [0.15, 0.2) is 24.4 Å². The summed E-state index contributed by atoms with van der Waals surface area (Å²) < 4.78 is 46.1. The van der Waals surface area contributed by atoms with Crippen molar-refractivity contribution in [3.05, 3.63) is 41.2 Å². The molecule has 0 saturated heterocycles. The molecule has 1 aromatic heterocycles. The van der Waals surface area contributed by atoms with E-state index in [1.54, 1.807) is 11.9 Å². The molecule has 1 aromatic carbocycles. The molecular formula is C20H24F3N5O2. The third kappa shape index (κ3) is 4.86. The van der Waals surface area contributed by atoms with Crippen molar-refractivity contribution in [1.82, 2.24) is 9.47 Å². The first-order chi connectivity index (χ1) is 14.0. The van der Waals surface area contributed by atoms with Gasteiger partial charge in [-0.25, -0.2) is 4.79 Å². The van der Waals surface area contributed by atoms with Crippen molar-refractivity contribution in [3.63, 3.8) is 0 Å². The summed E-state index contributed by atoms with van der Waals surface area (Å²) in [4.78, 5) is 16.1. The quantitative estimate of drug-likeness (QED) is 0.689. The smallest absolute Gasteiger partial charge is 0.416 e. The van der Waals surface area contributed by atoms with Gasteiger partial charge in [-0.15, -0.1) is 0 Å². The molecule has 0 fully saturated rings. The van der Waals surface area contributed by atoms with Gasteiger partial charge >= 0.3 is 12.1 Å². The number of hydrogen-bond donors (Lipinski definition) is 1. The molecule has 0 unspecified atom stereocenters. The summed E-state index contributed by atoms with van der Waals surface area (Å²) >= 11 is 0. The number of nitriles is 1. The Hall–Kier alpha value is -3.19. The van der Waals surface area contributed by atoms with Crippen LogP contribution >= 0.6 is 0 Å². The number of nitrogen functional groups attached to an aromatic ring is 1. The first-order valence-electron chi connectivity index (χ1n) is 9.08. The Kier molecular flexibility index (Phi) is 7.00. The normalized spacial score (nSPS) is 11.4. The van der Waals surface area contributed by atoms with Crippen LogP contribution in [-0.2, 0) is 10.9 Å². The number of aromatic nitrogens is 1.